The first-order valence-corrected chi connectivity index (χ1v) is 15.7. The van der Waals surface area contributed by atoms with Crippen molar-refractivity contribution in [3.8, 4) is 0 Å². The van der Waals surface area contributed by atoms with Crippen LogP contribution in [0, 0.1) is 0 Å². The van der Waals surface area contributed by atoms with Gasteiger partial charge in [0.15, 0.2) is 0 Å². The third-order valence-electron chi connectivity index (χ3n) is 8.24. The Morgan fingerprint density at radius 2 is 1.34 bits per heavy atom. The van der Waals surface area contributed by atoms with Gasteiger partial charge in [0, 0.05) is 29.6 Å². The van der Waals surface area contributed by atoms with E-state index in [0.29, 0.717) is 13.1 Å². The SMILES string of the molecule is COC(=O)[C@@H]1[C@H](c2ccc(Br)cc2)N1P1(=O)N(Cc2ccccc2)[C@@H]2CCCC[C@H]2N1Cc1ccccc1. The minimum Gasteiger partial charge on any atom is -0.468 e. The van der Waals surface area contributed by atoms with Crippen LogP contribution in [0.2, 0.25) is 0 Å². The lowest BCUT2D eigenvalue weighted by atomic mass is 9.90. The van der Waals surface area contributed by atoms with Crippen LogP contribution >= 0.6 is 23.5 Å². The Hall–Kier alpha value is -2.28. The zero-order valence-electron chi connectivity index (χ0n) is 21.5. The lowest BCUT2D eigenvalue weighted by molar-refractivity contribution is -0.140. The predicted molar refractivity (Wildman–Crippen MR) is 152 cm³/mol. The van der Waals surface area contributed by atoms with Crippen molar-refractivity contribution in [3.05, 3.63) is 106 Å². The average Bonchev–Trinajstić information content (AvgIpc) is 3.67. The van der Waals surface area contributed by atoms with E-state index in [4.69, 9.17) is 4.74 Å². The third-order valence-corrected chi connectivity index (χ3v) is 12.1. The number of hydrogen-bond donors (Lipinski definition) is 0. The van der Waals surface area contributed by atoms with Crippen molar-refractivity contribution in [2.24, 2.45) is 0 Å². The maximum absolute atomic E-state index is 15.9. The first kappa shape index (κ1) is 26.0. The Morgan fingerprint density at radius 1 is 0.842 bits per heavy atom. The van der Waals surface area contributed by atoms with Crippen LogP contribution in [0.3, 0.4) is 0 Å². The topological polar surface area (TPSA) is 52.9 Å². The number of ether oxygens (including phenoxy) is 1. The molecule has 0 radical (unpaired) electrons. The van der Waals surface area contributed by atoms with Gasteiger partial charge in [-0.3, -0.25) is 9.36 Å². The molecule has 0 N–H and O–H groups in total. The van der Waals surface area contributed by atoms with E-state index in [0.717, 1.165) is 46.8 Å². The molecule has 0 spiro atoms. The van der Waals surface area contributed by atoms with Gasteiger partial charge in [0.25, 0.3) is 7.59 Å². The monoisotopic (exact) mass is 593 g/mol. The molecule has 0 amide bonds. The number of fused-ring (bicyclic) bond motifs is 1. The number of rotatable bonds is 7. The van der Waals surface area contributed by atoms with Crippen LogP contribution in [0.4, 0.5) is 0 Å². The second-order valence-corrected chi connectivity index (χ2v) is 13.9. The van der Waals surface area contributed by atoms with Crippen molar-refractivity contribution in [2.75, 3.05) is 7.11 Å². The van der Waals surface area contributed by atoms with Crippen molar-refractivity contribution < 1.29 is 14.1 Å². The second kappa shape index (κ2) is 10.7. The quantitative estimate of drug-likeness (QED) is 0.171. The van der Waals surface area contributed by atoms with Crippen LogP contribution in [0.1, 0.15) is 48.4 Å². The minimum atomic E-state index is -3.36. The Morgan fingerprint density at radius 3 is 1.82 bits per heavy atom. The lowest BCUT2D eigenvalue weighted by Gasteiger charge is -2.33. The number of halogens is 1. The number of nitrogens with zero attached hydrogens (tertiary/aromatic N) is 3. The highest BCUT2D eigenvalue weighted by atomic mass is 79.9. The van der Waals surface area contributed by atoms with Gasteiger partial charge in [-0.05, 0) is 41.7 Å². The van der Waals surface area contributed by atoms with Gasteiger partial charge < -0.3 is 4.74 Å². The van der Waals surface area contributed by atoms with Gasteiger partial charge in [0.2, 0.25) is 0 Å². The van der Waals surface area contributed by atoms with E-state index in [1.54, 1.807) is 0 Å². The number of benzene rings is 3. The van der Waals surface area contributed by atoms with Crippen molar-refractivity contribution >= 4 is 29.5 Å². The highest BCUT2D eigenvalue weighted by Gasteiger charge is 2.70. The van der Waals surface area contributed by atoms with Crippen LogP contribution in [-0.4, -0.2) is 45.2 Å². The zero-order valence-corrected chi connectivity index (χ0v) is 24.0. The van der Waals surface area contributed by atoms with Crippen molar-refractivity contribution in [3.63, 3.8) is 0 Å². The third kappa shape index (κ3) is 4.59. The number of carbonyl (C=O) groups excluding carboxylic acids is 1. The van der Waals surface area contributed by atoms with Gasteiger partial charge in [0.05, 0.1) is 13.2 Å². The summed E-state index contributed by atoms with van der Waals surface area (Å²) in [5, 5.41) is 0. The molecule has 2 heterocycles. The molecule has 2 saturated heterocycles. The van der Waals surface area contributed by atoms with Gasteiger partial charge in [-0.1, -0.05) is 102 Å². The molecule has 0 aromatic heterocycles. The summed E-state index contributed by atoms with van der Waals surface area (Å²) in [5.41, 5.74) is 3.25. The molecular formula is C30H33BrN3O3P. The molecule has 5 atom stereocenters. The van der Waals surface area contributed by atoms with Gasteiger partial charge in [0.1, 0.15) is 6.04 Å². The molecule has 1 saturated carbocycles. The largest absolute Gasteiger partial charge is 0.468 e. The maximum atomic E-state index is 15.9. The molecule has 6 nitrogen and oxygen atoms in total. The van der Waals surface area contributed by atoms with Crippen molar-refractivity contribution in [1.29, 1.82) is 0 Å². The van der Waals surface area contributed by atoms with E-state index < -0.39 is 13.6 Å². The molecule has 3 fully saturated rings. The molecule has 3 aromatic rings. The first-order chi connectivity index (χ1) is 18.5. The van der Waals surface area contributed by atoms with Crippen LogP contribution < -0.4 is 0 Å². The average molecular weight is 594 g/mol. The van der Waals surface area contributed by atoms with E-state index in [1.165, 1.54) is 7.11 Å². The Bertz CT molecular complexity index is 1260. The standard InChI is InChI=1S/C30H33BrN3O3P/c1-37-30(35)29-28(24-16-18-25(31)19-17-24)34(29)38(36)32(20-22-10-4-2-5-11-22)26-14-8-9-15-27(26)33(38)21-23-12-6-3-7-13-23/h2-7,10-13,16-19,26-29H,8-9,14-15,20-21H2,1H3/t26-,27-,28+,29+,34?/m1/s1. The van der Waals surface area contributed by atoms with Gasteiger partial charge in [-0.15, -0.1) is 0 Å². The summed E-state index contributed by atoms with van der Waals surface area (Å²) in [5.74, 6) is -0.331. The summed E-state index contributed by atoms with van der Waals surface area (Å²) in [6.07, 6.45) is 4.27. The van der Waals surface area contributed by atoms with Gasteiger partial charge >= 0.3 is 5.97 Å². The van der Waals surface area contributed by atoms with E-state index in [2.05, 4.69) is 49.5 Å². The van der Waals surface area contributed by atoms with E-state index >= 15 is 4.57 Å². The van der Waals surface area contributed by atoms with Crippen LogP contribution in [-0.2, 0) is 27.2 Å². The highest BCUT2D eigenvalue weighted by Crippen LogP contribution is 2.75. The highest BCUT2D eigenvalue weighted by molar-refractivity contribution is 9.10. The number of esters is 1. The molecule has 0 bridgehead atoms. The van der Waals surface area contributed by atoms with Gasteiger partial charge in [-0.25, -0.2) is 14.0 Å². The molecule has 8 heteroatoms. The molecule has 3 aromatic carbocycles. The Kier molecular flexibility index (Phi) is 7.32. The summed E-state index contributed by atoms with van der Waals surface area (Å²) >= 11 is 3.52. The summed E-state index contributed by atoms with van der Waals surface area (Å²) < 4.78 is 28.6. The molecule has 2 aliphatic heterocycles. The van der Waals surface area contributed by atoms with E-state index in [-0.39, 0.29) is 24.1 Å². The van der Waals surface area contributed by atoms with Crippen molar-refractivity contribution in [1.82, 2.24) is 14.0 Å². The zero-order chi connectivity index (χ0) is 26.3. The summed E-state index contributed by atoms with van der Waals surface area (Å²) in [6.45, 7) is 1.17. The number of methoxy groups -OCH3 is 1. The fourth-order valence-electron chi connectivity index (χ4n) is 6.44. The van der Waals surface area contributed by atoms with E-state index in [9.17, 15) is 4.79 Å². The van der Waals surface area contributed by atoms with Crippen LogP contribution in [0.5, 0.6) is 0 Å². The molecule has 3 aliphatic rings. The number of carbonyl (C=O) groups is 1. The fraction of sp³-hybridized carbons (Fsp3) is 0.367. The van der Waals surface area contributed by atoms with Crippen molar-refractivity contribution in [2.45, 2.75) is 62.9 Å². The Labute approximate surface area is 233 Å². The molecule has 1 unspecified atom stereocenters. The second-order valence-electron chi connectivity index (χ2n) is 10.4. The molecule has 1 aliphatic carbocycles. The molecule has 38 heavy (non-hydrogen) atoms. The summed E-state index contributed by atoms with van der Waals surface area (Å²) in [6, 6.07) is 28.1. The van der Waals surface area contributed by atoms with E-state index in [1.807, 2.05) is 65.3 Å². The maximum Gasteiger partial charge on any atom is 0.325 e. The predicted octanol–water partition coefficient (Wildman–Crippen LogP) is 6.78. The normalized spacial score (nSPS) is 28.5. The molecular weight excluding hydrogens is 561 g/mol. The van der Waals surface area contributed by atoms with Gasteiger partial charge in [-0.2, -0.15) is 0 Å². The number of hydrogen-bond acceptors (Lipinski definition) is 3. The van der Waals surface area contributed by atoms with Crippen LogP contribution in [0.25, 0.3) is 0 Å². The minimum absolute atomic E-state index is 0.169. The lowest BCUT2D eigenvalue weighted by Crippen LogP contribution is -2.39. The fourth-order valence-corrected chi connectivity index (χ4v) is 10.6. The summed E-state index contributed by atoms with van der Waals surface area (Å²) in [7, 11) is -1.93. The van der Waals surface area contributed by atoms with Crippen LogP contribution in [0.15, 0.2) is 89.4 Å². The Balaban J connectivity index is 1.47. The summed E-state index contributed by atoms with van der Waals surface area (Å²) in [4.78, 5) is 13.1. The first-order valence-electron chi connectivity index (χ1n) is 13.4. The molecule has 198 valence electrons. The molecule has 6 rings (SSSR count). The smallest absolute Gasteiger partial charge is 0.325 e.